The Balaban J connectivity index is 2.70. The van der Waals surface area contributed by atoms with Gasteiger partial charge in [-0.05, 0) is 17.7 Å². The number of hydrogen-bond donors (Lipinski definition) is 2. The maximum atomic E-state index is 10.6. The van der Waals surface area contributed by atoms with Gasteiger partial charge in [-0.2, -0.15) is 5.10 Å². The van der Waals surface area contributed by atoms with E-state index in [4.69, 9.17) is 5.11 Å². The molecule has 0 atom stereocenters. The van der Waals surface area contributed by atoms with E-state index in [1.807, 2.05) is 4.83 Å². The normalized spacial score (nSPS) is 11.8. The first-order chi connectivity index (χ1) is 6.47. The summed E-state index contributed by atoms with van der Waals surface area (Å²) in [6.45, 7) is 0. The van der Waals surface area contributed by atoms with Crippen LogP contribution in [0.5, 0.6) is 5.75 Å². The van der Waals surface area contributed by atoms with Crippen molar-refractivity contribution in [3.05, 3.63) is 29.8 Å². The lowest BCUT2D eigenvalue weighted by molar-refractivity contribution is 0.475. The van der Waals surface area contributed by atoms with Crippen molar-refractivity contribution in [3.63, 3.8) is 0 Å². The Morgan fingerprint density at radius 1 is 1.50 bits per heavy atom. The van der Waals surface area contributed by atoms with E-state index in [2.05, 4.69) is 5.10 Å². The average Bonchev–Trinajstić information content (AvgIpc) is 2.01. The lowest BCUT2D eigenvalue weighted by Crippen LogP contribution is -2.15. The van der Waals surface area contributed by atoms with Gasteiger partial charge in [-0.15, -0.1) is 0 Å². The van der Waals surface area contributed by atoms with Crippen molar-refractivity contribution in [2.75, 3.05) is 6.26 Å². The Bertz CT molecular complexity index is 440. The smallest absolute Gasteiger partial charge is 0.244 e. The van der Waals surface area contributed by atoms with Gasteiger partial charge in [-0.3, -0.25) is 0 Å². The zero-order valence-corrected chi connectivity index (χ0v) is 8.32. The second kappa shape index (κ2) is 4.10. The number of phenolic OH excluding ortho intramolecular Hbond substituents is 1. The number of aromatic hydroxyl groups is 1. The topological polar surface area (TPSA) is 78.8 Å². The van der Waals surface area contributed by atoms with Crippen LogP contribution in [0.15, 0.2) is 29.4 Å². The van der Waals surface area contributed by atoms with Crippen LogP contribution in [0, 0.1) is 0 Å². The first-order valence-corrected chi connectivity index (χ1v) is 5.65. The molecule has 0 aliphatic rings. The van der Waals surface area contributed by atoms with Crippen LogP contribution < -0.4 is 4.83 Å². The zero-order chi connectivity index (χ0) is 10.6. The lowest BCUT2D eigenvalue weighted by atomic mass is 10.2. The monoisotopic (exact) mass is 214 g/mol. The molecule has 0 unspecified atom stereocenters. The number of rotatable bonds is 3. The number of benzene rings is 1. The number of sulfonamides is 1. The van der Waals surface area contributed by atoms with Crippen molar-refractivity contribution in [3.8, 4) is 5.75 Å². The minimum absolute atomic E-state index is 0.105. The molecule has 0 bridgehead atoms. The predicted molar refractivity (Wildman–Crippen MR) is 53.7 cm³/mol. The van der Waals surface area contributed by atoms with Gasteiger partial charge in [0.25, 0.3) is 0 Å². The van der Waals surface area contributed by atoms with Crippen molar-refractivity contribution >= 4 is 16.2 Å². The largest absolute Gasteiger partial charge is 0.508 e. The Morgan fingerprint density at radius 3 is 2.79 bits per heavy atom. The van der Waals surface area contributed by atoms with Crippen LogP contribution in [0.25, 0.3) is 0 Å². The van der Waals surface area contributed by atoms with E-state index in [1.165, 1.54) is 18.3 Å². The van der Waals surface area contributed by atoms with E-state index in [0.29, 0.717) is 5.56 Å². The van der Waals surface area contributed by atoms with Gasteiger partial charge in [0.05, 0.1) is 12.5 Å². The van der Waals surface area contributed by atoms with Crippen molar-refractivity contribution in [1.29, 1.82) is 0 Å². The quantitative estimate of drug-likeness (QED) is 0.560. The van der Waals surface area contributed by atoms with E-state index in [1.54, 1.807) is 12.1 Å². The summed E-state index contributed by atoms with van der Waals surface area (Å²) in [6.07, 6.45) is 2.31. The van der Waals surface area contributed by atoms with Crippen molar-refractivity contribution in [2.45, 2.75) is 0 Å². The molecule has 0 saturated heterocycles. The van der Waals surface area contributed by atoms with Gasteiger partial charge < -0.3 is 5.11 Å². The zero-order valence-electron chi connectivity index (χ0n) is 7.51. The van der Waals surface area contributed by atoms with Crippen LogP contribution in [-0.4, -0.2) is 26.0 Å². The van der Waals surface area contributed by atoms with Crippen LogP contribution >= 0.6 is 0 Å². The molecule has 5 nitrogen and oxygen atoms in total. The van der Waals surface area contributed by atoms with E-state index in [-0.39, 0.29) is 5.75 Å². The predicted octanol–water partition coefficient (Wildman–Crippen LogP) is 0.275. The van der Waals surface area contributed by atoms with Crippen molar-refractivity contribution in [1.82, 2.24) is 4.83 Å². The minimum Gasteiger partial charge on any atom is -0.508 e. The van der Waals surface area contributed by atoms with Crippen LogP contribution in [0.4, 0.5) is 0 Å². The van der Waals surface area contributed by atoms with E-state index >= 15 is 0 Å². The molecule has 76 valence electrons. The first-order valence-electron chi connectivity index (χ1n) is 3.76. The van der Waals surface area contributed by atoms with Crippen LogP contribution in [-0.2, 0) is 10.0 Å². The van der Waals surface area contributed by atoms with Gasteiger partial charge in [0, 0.05) is 0 Å². The summed E-state index contributed by atoms with van der Waals surface area (Å²) >= 11 is 0. The van der Waals surface area contributed by atoms with Gasteiger partial charge >= 0.3 is 0 Å². The van der Waals surface area contributed by atoms with Crippen molar-refractivity contribution in [2.24, 2.45) is 5.10 Å². The molecule has 14 heavy (non-hydrogen) atoms. The summed E-state index contributed by atoms with van der Waals surface area (Å²) in [5.74, 6) is 0.105. The molecule has 0 aliphatic carbocycles. The number of phenols is 1. The highest BCUT2D eigenvalue weighted by Crippen LogP contribution is 2.08. The summed E-state index contributed by atoms with van der Waals surface area (Å²) < 4.78 is 21.2. The van der Waals surface area contributed by atoms with Crippen LogP contribution in [0.3, 0.4) is 0 Å². The maximum absolute atomic E-state index is 10.6. The molecular weight excluding hydrogens is 204 g/mol. The second-order valence-corrected chi connectivity index (χ2v) is 4.44. The van der Waals surface area contributed by atoms with E-state index < -0.39 is 10.0 Å². The Hall–Kier alpha value is -1.56. The minimum atomic E-state index is -3.31. The molecule has 0 heterocycles. The summed E-state index contributed by atoms with van der Waals surface area (Å²) in [5.41, 5.74) is 0.612. The highest BCUT2D eigenvalue weighted by atomic mass is 32.2. The third-order valence-electron chi connectivity index (χ3n) is 1.30. The fourth-order valence-corrected chi connectivity index (χ4v) is 1.05. The molecule has 0 aromatic heterocycles. The molecule has 1 aromatic carbocycles. The molecule has 1 rings (SSSR count). The van der Waals surface area contributed by atoms with E-state index in [0.717, 1.165) is 6.26 Å². The SMILES string of the molecule is CS(=O)(=O)NN=Cc1cccc(O)c1. The number of hydrazone groups is 1. The van der Waals surface area contributed by atoms with Gasteiger partial charge in [0.2, 0.25) is 10.0 Å². The Kier molecular flexibility index (Phi) is 3.08. The summed E-state index contributed by atoms with van der Waals surface area (Å²) in [6, 6.07) is 6.30. The third-order valence-corrected chi connectivity index (χ3v) is 1.74. The highest BCUT2D eigenvalue weighted by molar-refractivity contribution is 7.88. The molecule has 0 saturated carbocycles. The van der Waals surface area contributed by atoms with Gasteiger partial charge in [-0.25, -0.2) is 13.2 Å². The Morgan fingerprint density at radius 2 is 2.21 bits per heavy atom. The highest BCUT2D eigenvalue weighted by Gasteiger charge is 1.94. The molecule has 0 spiro atoms. The van der Waals surface area contributed by atoms with E-state index in [9.17, 15) is 8.42 Å². The first kappa shape index (κ1) is 10.5. The molecule has 0 radical (unpaired) electrons. The Labute approximate surface area is 82.1 Å². The summed E-state index contributed by atoms with van der Waals surface area (Å²) in [4.78, 5) is 1.95. The third kappa shape index (κ3) is 3.90. The fraction of sp³-hybridized carbons (Fsp3) is 0.125. The standard InChI is InChI=1S/C8H10N2O3S/c1-14(12,13)10-9-6-7-3-2-4-8(11)5-7/h2-6,10-11H,1H3. The molecular formula is C8H10N2O3S. The molecule has 1 aromatic rings. The second-order valence-electron chi connectivity index (χ2n) is 2.72. The van der Waals surface area contributed by atoms with Gasteiger partial charge in [-0.1, -0.05) is 12.1 Å². The van der Waals surface area contributed by atoms with Crippen LogP contribution in [0.1, 0.15) is 5.56 Å². The number of nitrogens with one attached hydrogen (secondary N) is 1. The van der Waals surface area contributed by atoms with Gasteiger partial charge in [0.1, 0.15) is 5.75 Å². The number of nitrogens with zero attached hydrogens (tertiary/aromatic N) is 1. The lowest BCUT2D eigenvalue weighted by Gasteiger charge is -1.95. The maximum Gasteiger partial charge on any atom is 0.244 e. The summed E-state index contributed by atoms with van der Waals surface area (Å²) in [7, 11) is -3.31. The molecule has 0 aliphatic heterocycles. The molecule has 0 fully saturated rings. The number of hydrogen-bond acceptors (Lipinski definition) is 4. The summed E-state index contributed by atoms with van der Waals surface area (Å²) in [5, 5.41) is 12.6. The van der Waals surface area contributed by atoms with Crippen molar-refractivity contribution < 1.29 is 13.5 Å². The van der Waals surface area contributed by atoms with Crippen LogP contribution in [0.2, 0.25) is 0 Å². The van der Waals surface area contributed by atoms with Gasteiger partial charge in [0.15, 0.2) is 0 Å². The molecule has 0 amide bonds. The fourth-order valence-electron chi connectivity index (χ4n) is 0.802. The average molecular weight is 214 g/mol. The molecule has 2 N–H and O–H groups in total. The molecule has 6 heteroatoms.